The van der Waals surface area contributed by atoms with E-state index in [9.17, 15) is 0 Å². The summed E-state index contributed by atoms with van der Waals surface area (Å²) in [5.74, 6) is 0. The molecule has 0 aliphatic heterocycles. The van der Waals surface area contributed by atoms with Crippen LogP contribution in [0.25, 0.3) is 0 Å². The Kier molecular flexibility index (Phi) is 16.4. The van der Waals surface area contributed by atoms with E-state index < -0.39 is 0 Å². The zero-order valence-electron chi connectivity index (χ0n) is 19.6. The SMILES string of the molecule is CCCCCCCCCCCCCCCCCCCC[n+]1cc(C)ccc1C. The maximum absolute atomic E-state index is 2.42. The molecular formula is C27H50N+. The molecule has 0 aliphatic carbocycles. The van der Waals surface area contributed by atoms with Crippen molar-refractivity contribution in [2.24, 2.45) is 0 Å². The Bertz CT molecular complexity index is 465. The second-order valence-electron chi connectivity index (χ2n) is 9.05. The summed E-state index contributed by atoms with van der Waals surface area (Å²) < 4.78 is 2.42. The highest BCUT2D eigenvalue weighted by atomic mass is 14.9. The quantitative estimate of drug-likeness (QED) is 0.165. The van der Waals surface area contributed by atoms with Gasteiger partial charge in [-0.05, 0) is 19.4 Å². The van der Waals surface area contributed by atoms with Crippen LogP contribution in [0.5, 0.6) is 0 Å². The van der Waals surface area contributed by atoms with Gasteiger partial charge in [0.15, 0.2) is 11.9 Å². The molecule has 0 fully saturated rings. The van der Waals surface area contributed by atoms with Gasteiger partial charge in [0.2, 0.25) is 0 Å². The summed E-state index contributed by atoms with van der Waals surface area (Å²) in [5, 5.41) is 0. The van der Waals surface area contributed by atoms with Gasteiger partial charge >= 0.3 is 0 Å². The maximum atomic E-state index is 2.42. The van der Waals surface area contributed by atoms with Gasteiger partial charge in [0.1, 0.15) is 6.54 Å². The van der Waals surface area contributed by atoms with Crippen molar-refractivity contribution in [2.75, 3.05) is 0 Å². The number of unbranched alkanes of at least 4 members (excludes halogenated alkanes) is 17. The molecule has 1 aromatic heterocycles. The molecule has 1 rings (SSSR count). The van der Waals surface area contributed by atoms with Gasteiger partial charge in [-0.1, -0.05) is 110 Å². The minimum atomic E-state index is 1.19. The number of hydrogen-bond acceptors (Lipinski definition) is 0. The number of aromatic nitrogens is 1. The highest BCUT2D eigenvalue weighted by molar-refractivity contribution is 5.05. The van der Waals surface area contributed by atoms with E-state index >= 15 is 0 Å². The number of hydrogen-bond donors (Lipinski definition) is 0. The third-order valence-corrected chi connectivity index (χ3v) is 6.15. The van der Waals surface area contributed by atoms with E-state index in [1.54, 1.807) is 0 Å². The molecular weight excluding hydrogens is 338 g/mol. The fourth-order valence-corrected chi connectivity index (χ4v) is 4.16. The van der Waals surface area contributed by atoms with E-state index in [2.05, 4.69) is 43.7 Å². The molecule has 0 aliphatic rings. The molecule has 0 radical (unpaired) electrons. The highest BCUT2D eigenvalue weighted by Gasteiger charge is 2.05. The topological polar surface area (TPSA) is 3.88 Å². The van der Waals surface area contributed by atoms with Crippen molar-refractivity contribution in [1.29, 1.82) is 0 Å². The van der Waals surface area contributed by atoms with Crippen molar-refractivity contribution >= 4 is 0 Å². The van der Waals surface area contributed by atoms with Crippen molar-refractivity contribution in [3.63, 3.8) is 0 Å². The second-order valence-corrected chi connectivity index (χ2v) is 9.05. The molecule has 1 nitrogen and oxygen atoms in total. The molecule has 1 heterocycles. The molecule has 0 atom stereocenters. The van der Waals surface area contributed by atoms with Crippen LogP contribution in [0.4, 0.5) is 0 Å². The van der Waals surface area contributed by atoms with Crippen molar-refractivity contribution in [3.8, 4) is 0 Å². The summed E-state index contributed by atoms with van der Waals surface area (Å²) in [5.41, 5.74) is 2.76. The van der Waals surface area contributed by atoms with Crippen LogP contribution in [0.15, 0.2) is 18.3 Å². The van der Waals surface area contributed by atoms with Gasteiger partial charge in [-0.25, -0.2) is 4.57 Å². The molecule has 0 bridgehead atoms. The van der Waals surface area contributed by atoms with Crippen molar-refractivity contribution < 1.29 is 4.57 Å². The Morgan fingerprint density at radius 2 is 0.929 bits per heavy atom. The Hall–Kier alpha value is -0.850. The lowest BCUT2D eigenvalue weighted by atomic mass is 10.0. The van der Waals surface area contributed by atoms with Gasteiger partial charge in [0, 0.05) is 25.0 Å². The number of nitrogens with zero attached hydrogens (tertiary/aromatic N) is 1. The summed E-state index contributed by atoms with van der Waals surface area (Å²) in [7, 11) is 0. The van der Waals surface area contributed by atoms with Crippen LogP contribution in [-0.2, 0) is 6.54 Å². The molecule has 0 N–H and O–H groups in total. The van der Waals surface area contributed by atoms with Crippen LogP contribution in [0.3, 0.4) is 0 Å². The first-order valence-electron chi connectivity index (χ1n) is 12.7. The summed E-state index contributed by atoms with van der Waals surface area (Å²) in [6.45, 7) is 7.89. The summed E-state index contributed by atoms with van der Waals surface area (Å²) in [6.07, 6.45) is 28.3. The lowest BCUT2D eigenvalue weighted by Crippen LogP contribution is -2.36. The van der Waals surface area contributed by atoms with Gasteiger partial charge in [0.05, 0.1) is 0 Å². The average Bonchev–Trinajstić information content (AvgIpc) is 2.69. The fourth-order valence-electron chi connectivity index (χ4n) is 4.16. The van der Waals surface area contributed by atoms with Crippen molar-refractivity contribution in [2.45, 2.75) is 143 Å². The van der Waals surface area contributed by atoms with E-state index in [4.69, 9.17) is 0 Å². The largest absolute Gasteiger partial charge is 0.202 e. The zero-order chi connectivity index (χ0) is 20.3. The van der Waals surface area contributed by atoms with Gasteiger partial charge in [-0.3, -0.25) is 0 Å². The lowest BCUT2D eigenvalue weighted by Gasteiger charge is -2.04. The first-order valence-corrected chi connectivity index (χ1v) is 12.7. The summed E-state index contributed by atoms with van der Waals surface area (Å²) in [4.78, 5) is 0. The average molecular weight is 389 g/mol. The van der Waals surface area contributed by atoms with Crippen molar-refractivity contribution in [1.82, 2.24) is 0 Å². The molecule has 0 amide bonds. The van der Waals surface area contributed by atoms with Gasteiger partial charge < -0.3 is 0 Å². The second kappa shape index (κ2) is 18.2. The molecule has 0 saturated heterocycles. The normalized spacial score (nSPS) is 11.2. The van der Waals surface area contributed by atoms with Crippen LogP contribution in [0.2, 0.25) is 0 Å². The Labute approximate surface area is 177 Å². The highest BCUT2D eigenvalue weighted by Crippen LogP contribution is 2.14. The standard InChI is InChI=1S/C27H50N/c1-4-5-6-7-8-9-10-11-12-13-14-15-16-17-18-19-20-21-24-28-25-26(2)22-23-27(28)3/h22-23,25H,4-21,24H2,1-3H3/q+1. The predicted octanol–water partition coefficient (Wildman–Crippen LogP) is 8.63. The number of rotatable bonds is 19. The molecule has 1 heteroatoms. The first kappa shape index (κ1) is 25.2. The lowest BCUT2D eigenvalue weighted by molar-refractivity contribution is -0.703. The molecule has 0 aromatic carbocycles. The smallest absolute Gasteiger partial charge is 0.178 e. The molecule has 28 heavy (non-hydrogen) atoms. The third-order valence-electron chi connectivity index (χ3n) is 6.15. The van der Waals surface area contributed by atoms with Crippen LogP contribution in [0.1, 0.15) is 134 Å². The van der Waals surface area contributed by atoms with E-state index in [1.807, 2.05) is 0 Å². The molecule has 0 unspecified atom stereocenters. The first-order chi connectivity index (χ1) is 13.7. The van der Waals surface area contributed by atoms with E-state index in [1.165, 1.54) is 133 Å². The summed E-state index contributed by atoms with van der Waals surface area (Å²) in [6, 6.07) is 4.45. The fraction of sp³-hybridized carbons (Fsp3) is 0.815. The minimum absolute atomic E-state index is 1.19. The van der Waals surface area contributed by atoms with Crippen LogP contribution in [0, 0.1) is 13.8 Å². The van der Waals surface area contributed by atoms with Gasteiger partial charge in [-0.15, -0.1) is 0 Å². The Balaban J connectivity index is 1.77. The summed E-state index contributed by atoms with van der Waals surface area (Å²) >= 11 is 0. The monoisotopic (exact) mass is 388 g/mol. The van der Waals surface area contributed by atoms with E-state index in [0.717, 1.165) is 0 Å². The predicted molar refractivity (Wildman–Crippen MR) is 125 cm³/mol. The van der Waals surface area contributed by atoms with E-state index in [0.29, 0.717) is 0 Å². The van der Waals surface area contributed by atoms with Crippen LogP contribution >= 0.6 is 0 Å². The minimum Gasteiger partial charge on any atom is -0.202 e. The van der Waals surface area contributed by atoms with Gasteiger partial charge in [0.25, 0.3) is 0 Å². The Morgan fingerprint density at radius 1 is 0.536 bits per heavy atom. The molecule has 0 spiro atoms. The van der Waals surface area contributed by atoms with Crippen LogP contribution < -0.4 is 4.57 Å². The number of pyridine rings is 1. The number of aryl methyl sites for hydroxylation is 3. The third kappa shape index (κ3) is 14.2. The van der Waals surface area contributed by atoms with E-state index in [-0.39, 0.29) is 0 Å². The van der Waals surface area contributed by atoms with Crippen LogP contribution in [-0.4, -0.2) is 0 Å². The zero-order valence-corrected chi connectivity index (χ0v) is 19.6. The Morgan fingerprint density at radius 3 is 1.36 bits per heavy atom. The van der Waals surface area contributed by atoms with Crippen molar-refractivity contribution in [3.05, 3.63) is 29.6 Å². The molecule has 0 saturated carbocycles. The maximum Gasteiger partial charge on any atom is 0.178 e. The molecule has 1 aromatic rings. The van der Waals surface area contributed by atoms with Gasteiger partial charge in [-0.2, -0.15) is 0 Å². The molecule has 162 valence electrons.